The Labute approximate surface area is 106 Å². The van der Waals surface area contributed by atoms with E-state index in [-0.39, 0.29) is 12.4 Å². The van der Waals surface area contributed by atoms with Crippen LogP contribution < -0.4 is 5.32 Å². The van der Waals surface area contributed by atoms with Crippen molar-refractivity contribution in [3.8, 4) is 0 Å². The van der Waals surface area contributed by atoms with E-state index in [9.17, 15) is 9.50 Å². The molecule has 0 saturated heterocycles. The maximum absolute atomic E-state index is 11.5. The van der Waals surface area contributed by atoms with Crippen molar-refractivity contribution in [1.82, 2.24) is 5.32 Å². The number of rotatable bonds is 6. The number of thiol groups is 1. The first kappa shape index (κ1) is 13.9. The summed E-state index contributed by atoms with van der Waals surface area (Å²) in [5, 5.41) is 2.82. The van der Waals surface area contributed by atoms with Crippen LogP contribution in [0.3, 0.4) is 0 Å². The Morgan fingerprint density at radius 1 is 1.59 bits per heavy atom. The molecular weight excluding hydrogens is 237 g/mol. The van der Waals surface area contributed by atoms with Crippen molar-refractivity contribution in [1.29, 1.82) is 0 Å². The molecule has 17 heavy (non-hydrogen) atoms. The second-order valence-electron chi connectivity index (χ2n) is 3.52. The summed E-state index contributed by atoms with van der Waals surface area (Å²) in [6.07, 6.45) is 0.593. The third-order valence-electron chi connectivity index (χ3n) is 2.28. The summed E-state index contributed by atoms with van der Waals surface area (Å²) in [6, 6.07) is 6.99. The molecule has 0 spiro atoms. The van der Waals surface area contributed by atoms with E-state index >= 15 is 0 Å². The molecule has 0 fully saturated rings. The maximum atomic E-state index is 11.5. The first-order valence-electron chi connectivity index (χ1n) is 5.20. The number of hydrogen-bond acceptors (Lipinski definition) is 5. The fourth-order valence-corrected chi connectivity index (χ4v) is 1.74. The molecule has 1 atom stereocenters. The van der Waals surface area contributed by atoms with Crippen molar-refractivity contribution >= 4 is 25.7 Å². The Bertz CT molecular complexity index is 400. The topological polar surface area (TPSA) is 55.4 Å². The van der Waals surface area contributed by atoms with Gasteiger partial charge in [0, 0.05) is 0 Å². The van der Waals surface area contributed by atoms with Crippen LogP contribution in [0, 0.1) is 0 Å². The Morgan fingerprint density at radius 2 is 2.35 bits per heavy atom. The van der Waals surface area contributed by atoms with Gasteiger partial charge in [0.15, 0.2) is 0 Å². The molecule has 6 heteroatoms. The van der Waals surface area contributed by atoms with Gasteiger partial charge in [-0.15, -0.1) is 0 Å². The van der Waals surface area contributed by atoms with E-state index in [2.05, 4.69) is 22.7 Å². The molecule has 0 heterocycles. The summed E-state index contributed by atoms with van der Waals surface area (Å²) in [5.74, 6) is -0.378. The predicted molar refractivity (Wildman–Crippen MR) is 67.6 cm³/mol. The Kier molecular flexibility index (Phi) is 5.93. The average Bonchev–Trinajstić information content (AvgIpc) is 2.33. The van der Waals surface area contributed by atoms with Crippen molar-refractivity contribution in [2.75, 3.05) is 13.6 Å². The van der Waals surface area contributed by atoms with E-state index in [4.69, 9.17) is 0 Å². The fraction of sp³-hybridized carbons (Fsp3) is 0.364. The van der Waals surface area contributed by atoms with Crippen LogP contribution in [0.2, 0.25) is 0 Å². The van der Waals surface area contributed by atoms with Gasteiger partial charge < -0.3 is 0 Å². The van der Waals surface area contributed by atoms with Gasteiger partial charge in [-0.3, -0.25) is 0 Å². The number of carbonyl (C=O) groups excluding carboxylic acids is 1. The van der Waals surface area contributed by atoms with Gasteiger partial charge in [-0.2, -0.15) is 0 Å². The standard InChI is InChI=1S/C11H14BNO3S/c1-16-11(14)10(13-7-12-15)6-8-3-2-4-9(17)5-8/h2-5,10,13,17H,6-7H2,1H3. The van der Waals surface area contributed by atoms with Gasteiger partial charge in [0.05, 0.1) is 0 Å². The van der Waals surface area contributed by atoms with Crippen LogP contribution in [0.15, 0.2) is 29.2 Å². The molecule has 0 bridgehead atoms. The van der Waals surface area contributed by atoms with Crippen molar-refractivity contribution in [3.63, 3.8) is 0 Å². The molecule has 0 aliphatic heterocycles. The van der Waals surface area contributed by atoms with Crippen molar-refractivity contribution in [2.45, 2.75) is 17.4 Å². The number of methoxy groups -OCH3 is 1. The summed E-state index contributed by atoms with van der Waals surface area (Å²) >= 11 is 4.23. The molecule has 1 N–H and O–H groups in total. The molecule has 0 amide bonds. The summed E-state index contributed by atoms with van der Waals surface area (Å²) < 4.78 is 15.0. The summed E-state index contributed by atoms with van der Waals surface area (Å²) in [6.45, 7) is 0. The second-order valence-corrected chi connectivity index (χ2v) is 4.04. The first-order chi connectivity index (χ1) is 8.17. The second kappa shape index (κ2) is 7.24. The zero-order valence-electron chi connectivity index (χ0n) is 9.55. The molecule has 0 radical (unpaired) electrons. The number of carbonyl (C=O) groups is 1. The van der Waals surface area contributed by atoms with E-state index < -0.39 is 6.04 Å². The molecule has 0 aliphatic rings. The summed E-state index contributed by atoms with van der Waals surface area (Å²) in [5.41, 5.74) is 0.964. The number of nitrogens with one attached hydrogen (secondary N) is 1. The Balaban J connectivity index is 2.71. The fourth-order valence-electron chi connectivity index (χ4n) is 1.49. The molecule has 1 aromatic rings. The van der Waals surface area contributed by atoms with Crippen molar-refractivity contribution < 1.29 is 14.2 Å². The third kappa shape index (κ3) is 4.71. The predicted octanol–water partition coefficient (Wildman–Crippen LogP) is 0.656. The number of benzene rings is 1. The first-order valence-corrected chi connectivity index (χ1v) is 5.65. The van der Waals surface area contributed by atoms with Gasteiger partial charge in [0.2, 0.25) is 0 Å². The van der Waals surface area contributed by atoms with Crippen molar-refractivity contribution in [3.05, 3.63) is 29.8 Å². The SMILES string of the molecule is COC(=O)C(Cc1cccc(S)c1)NCB=O. The Morgan fingerprint density at radius 3 is 2.94 bits per heavy atom. The van der Waals surface area contributed by atoms with Crippen LogP contribution >= 0.6 is 12.6 Å². The molecule has 1 rings (SSSR count). The number of ether oxygens (including phenoxy) is 1. The minimum absolute atomic E-state index is 0.125. The minimum atomic E-state index is -0.514. The van der Waals surface area contributed by atoms with Gasteiger partial charge in [-0.25, -0.2) is 0 Å². The van der Waals surface area contributed by atoms with E-state index in [0.29, 0.717) is 13.6 Å². The van der Waals surface area contributed by atoms with Crippen LogP contribution in [-0.2, 0) is 20.7 Å². The van der Waals surface area contributed by atoms with E-state index in [1.54, 1.807) is 0 Å². The normalized spacial score (nSPS) is 11.6. The van der Waals surface area contributed by atoms with Gasteiger partial charge in [-0.05, 0) is 0 Å². The third-order valence-corrected chi connectivity index (χ3v) is 2.56. The zero-order valence-corrected chi connectivity index (χ0v) is 10.4. The average molecular weight is 251 g/mol. The van der Waals surface area contributed by atoms with Crippen LogP contribution in [0.1, 0.15) is 5.56 Å². The van der Waals surface area contributed by atoms with Gasteiger partial charge in [0.25, 0.3) is 0 Å². The number of esters is 1. The van der Waals surface area contributed by atoms with Gasteiger partial charge >= 0.3 is 106 Å². The van der Waals surface area contributed by atoms with Crippen LogP contribution in [0.25, 0.3) is 0 Å². The molecule has 90 valence electrons. The van der Waals surface area contributed by atoms with Gasteiger partial charge in [-0.1, -0.05) is 0 Å². The summed E-state index contributed by atoms with van der Waals surface area (Å²) in [7, 11) is 2.04. The summed E-state index contributed by atoms with van der Waals surface area (Å²) in [4.78, 5) is 12.3. The quantitative estimate of drug-likeness (QED) is 0.443. The van der Waals surface area contributed by atoms with Gasteiger partial charge in [0.1, 0.15) is 0 Å². The van der Waals surface area contributed by atoms with Crippen LogP contribution in [0.4, 0.5) is 0 Å². The molecule has 0 aliphatic carbocycles. The van der Waals surface area contributed by atoms with E-state index in [0.717, 1.165) is 10.5 Å². The van der Waals surface area contributed by atoms with E-state index in [1.807, 2.05) is 24.3 Å². The molecule has 1 unspecified atom stereocenters. The molecule has 0 aromatic heterocycles. The van der Waals surface area contributed by atoms with Crippen LogP contribution in [-0.4, -0.2) is 32.7 Å². The van der Waals surface area contributed by atoms with E-state index in [1.165, 1.54) is 7.11 Å². The molecule has 4 nitrogen and oxygen atoms in total. The van der Waals surface area contributed by atoms with Crippen LogP contribution in [0.5, 0.6) is 0 Å². The van der Waals surface area contributed by atoms with Crippen molar-refractivity contribution in [2.24, 2.45) is 0 Å². The Hall–Kier alpha value is -1.14. The monoisotopic (exact) mass is 251 g/mol. The molecule has 1 aromatic carbocycles. The molecule has 0 saturated carbocycles. The molecular formula is C11H14BNO3S. The number of hydrogen-bond donors (Lipinski definition) is 2. The zero-order chi connectivity index (χ0) is 12.7.